The molecule has 0 saturated carbocycles. The Kier molecular flexibility index (Phi) is 4.06. The molecule has 2 aromatic carbocycles. The van der Waals surface area contributed by atoms with Crippen molar-refractivity contribution in [2.45, 2.75) is 27.0 Å². The number of benzene rings is 2. The third-order valence-electron chi connectivity index (χ3n) is 3.92. The first-order chi connectivity index (χ1) is 11.0. The van der Waals surface area contributed by atoms with E-state index >= 15 is 0 Å². The quantitative estimate of drug-likeness (QED) is 0.738. The molecule has 0 fully saturated rings. The molecular formula is C19H20N2O2. The van der Waals surface area contributed by atoms with Crippen molar-refractivity contribution in [3.63, 3.8) is 0 Å². The molecule has 118 valence electrons. The van der Waals surface area contributed by atoms with Gasteiger partial charge in [-0.05, 0) is 49.9 Å². The summed E-state index contributed by atoms with van der Waals surface area (Å²) in [6.07, 6.45) is 1.09. The molecule has 0 radical (unpaired) electrons. The molecule has 3 rings (SSSR count). The van der Waals surface area contributed by atoms with E-state index in [1.165, 1.54) is 0 Å². The van der Waals surface area contributed by atoms with Gasteiger partial charge in [0.15, 0.2) is 6.23 Å². The standard InChI is InChI=1S/C19H20N2O2/c1-13-8-9-17(14(2)12-13)20-19(22)23-15(3)21-11-10-16-6-4-5-7-18(16)21/h4-12,15H,1-3H3,(H,20,22). The molecule has 1 unspecified atom stereocenters. The Labute approximate surface area is 135 Å². The van der Waals surface area contributed by atoms with Crippen LogP contribution in [-0.4, -0.2) is 10.7 Å². The maximum Gasteiger partial charge on any atom is 0.413 e. The maximum atomic E-state index is 12.1. The van der Waals surface area contributed by atoms with Crippen LogP contribution in [0.1, 0.15) is 24.3 Å². The Balaban J connectivity index is 1.72. The lowest BCUT2D eigenvalue weighted by Gasteiger charge is -2.17. The third-order valence-corrected chi connectivity index (χ3v) is 3.92. The summed E-state index contributed by atoms with van der Waals surface area (Å²) in [5.41, 5.74) is 3.99. The van der Waals surface area contributed by atoms with Crippen molar-refractivity contribution in [1.82, 2.24) is 4.57 Å². The maximum absolute atomic E-state index is 12.1. The van der Waals surface area contributed by atoms with Gasteiger partial charge in [0.1, 0.15) is 0 Å². The van der Waals surface area contributed by atoms with Crippen LogP contribution in [0.4, 0.5) is 10.5 Å². The summed E-state index contributed by atoms with van der Waals surface area (Å²) in [6, 6.07) is 15.9. The number of amides is 1. The monoisotopic (exact) mass is 308 g/mol. The number of fused-ring (bicyclic) bond motifs is 1. The molecule has 3 aromatic rings. The van der Waals surface area contributed by atoms with Gasteiger partial charge in [-0.25, -0.2) is 4.79 Å². The van der Waals surface area contributed by atoms with Crippen LogP contribution in [0.2, 0.25) is 0 Å². The van der Waals surface area contributed by atoms with E-state index in [2.05, 4.69) is 5.32 Å². The average molecular weight is 308 g/mol. The fourth-order valence-corrected chi connectivity index (χ4v) is 2.73. The second-order valence-corrected chi connectivity index (χ2v) is 5.73. The summed E-state index contributed by atoms with van der Waals surface area (Å²) < 4.78 is 7.45. The van der Waals surface area contributed by atoms with Crippen molar-refractivity contribution in [3.05, 3.63) is 65.9 Å². The highest BCUT2D eigenvalue weighted by Crippen LogP contribution is 2.22. The number of ether oxygens (including phenoxy) is 1. The summed E-state index contributed by atoms with van der Waals surface area (Å²) in [5.74, 6) is 0. The van der Waals surface area contributed by atoms with E-state index in [1.54, 1.807) is 0 Å². The molecule has 1 heterocycles. The molecule has 4 heteroatoms. The number of rotatable bonds is 3. The van der Waals surface area contributed by atoms with Crippen LogP contribution in [0.25, 0.3) is 10.9 Å². The molecule has 1 amide bonds. The molecule has 4 nitrogen and oxygen atoms in total. The number of nitrogens with zero attached hydrogens (tertiary/aromatic N) is 1. The van der Waals surface area contributed by atoms with Gasteiger partial charge in [-0.3, -0.25) is 5.32 Å². The molecule has 0 aliphatic rings. The lowest BCUT2D eigenvalue weighted by molar-refractivity contribution is 0.0825. The minimum atomic E-state index is -0.456. The first kappa shape index (κ1) is 15.2. The molecule has 1 aromatic heterocycles. The molecule has 1 N–H and O–H groups in total. The van der Waals surface area contributed by atoms with Crippen molar-refractivity contribution in [2.24, 2.45) is 0 Å². The number of aryl methyl sites for hydroxylation is 2. The van der Waals surface area contributed by atoms with E-state index in [0.717, 1.165) is 27.7 Å². The van der Waals surface area contributed by atoms with E-state index in [0.29, 0.717) is 0 Å². The van der Waals surface area contributed by atoms with Crippen molar-refractivity contribution in [1.29, 1.82) is 0 Å². The second-order valence-electron chi connectivity index (χ2n) is 5.73. The molecule has 0 saturated heterocycles. The van der Waals surface area contributed by atoms with E-state index < -0.39 is 6.09 Å². The van der Waals surface area contributed by atoms with Gasteiger partial charge < -0.3 is 9.30 Å². The number of para-hydroxylation sites is 1. The highest BCUT2D eigenvalue weighted by Gasteiger charge is 2.13. The van der Waals surface area contributed by atoms with Gasteiger partial charge in [0.05, 0.1) is 5.52 Å². The number of anilines is 1. The zero-order valence-corrected chi connectivity index (χ0v) is 13.5. The van der Waals surface area contributed by atoms with Crippen molar-refractivity contribution in [2.75, 3.05) is 5.32 Å². The number of carbonyl (C=O) groups is 1. The molecule has 1 atom stereocenters. The predicted octanol–water partition coefficient (Wildman–Crippen LogP) is 5.03. The van der Waals surface area contributed by atoms with Crippen LogP contribution >= 0.6 is 0 Å². The van der Waals surface area contributed by atoms with Crippen LogP contribution in [-0.2, 0) is 4.74 Å². The van der Waals surface area contributed by atoms with Crippen molar-refractivity contribution >= 4 is 22.7 Å². The first-order valence-electron chi connectivity index (χ1n) is 7.65. The predicted molar refractivity (Wildman–Crippen MR) is 92.7 cm³/mol. The van der Waals surface area contributed by atoms with Crippen molar-refractivity contribution in [3.8, 4) is 0 Å². The Bertz CT molecular complexity index is 851. The lowest BCUT2D eigenvalue weighted by Crippen LogP contribution is -2.19. The Morgan fingerprint density at radius 2 is 1.91 bits per heavy atom. The molecule has 23 heavy (non-hydrogen) atoms. The van der Waals surface area contributed by atoms with E-state index in [9.17, 15) is 4.79 Å². The van der Waals surface area contributed by atoms with Crippen LogP contribution in [0.15, 0.2) is 54.7 Å². The third kappa shape index (κ3) is 3.21. The van der Waals surface area contributed by atoms with E-state index in [4.69, 9.17) is 4.74 Å². The molecule has 0 aliphatic heterocycles. The fourth-order valence-electron chi connectivity index (χ4n) is 2.73. The largest absolute Gasteiger partial charge is 0.425 e. The number of nitrogens with one attached hydrogen (secondary N) is 1. The molecule has 0 aliphatic carbocycles. The van der Waals surface area contributed by atoms with Crippen LogP contribution < -0.4 is 5.32 Å². The first-order valence-corrected chi connectivity index (χ1v) is 7.65. The van der Waals surface area contributed by atoms with Crippen LogP contribution in [0.5, 0.6) is 0 Å². The van der Waals surface area contributed by atoms with Crippen molar-refractivity contribution < 1.29 is 9.53 Å². The summed E-state index contributed by atoms with van der Waals surface area (Å²) in [7, 11) is 0. The van der Waals surface area contributed by atoms with Gasteiger partial charge in [-0.1, -0.05) is 35.9 Å². The minimum Gasteiger partial charge on any atom is -0.425 e. The Hall–Kier alpha value is -2.75. The number of hydrogen-bond donors (Lipinski definition) is 1. The van der Waals surface area contributed by atoms with Gasteiger partial charge in [-0.15, -0.1) is 0 Å². The normalized spacial score (nSPS) is 12.1. The number of carbonyl (C=O) groups excluding carboxylic acids is 1. The fraction of sp³-hybridized carbons (Fsp3) is 0.211. The topological polar surface area (TPSA) is 43.3 Å². The zero-order valence-electron chi connectivity index (χ0n) is 13.5. The highest BCUT2D eigenvalue weighted by atomic mass is 16.6. The lowest BCUT2D eigenvalue weighted by atomic mass is 10.1. The Morgan fingerprint density at radius 3 is 2.70 bits per heavy atom. The molecule has 0 spiro atoms. The molecule has 0 bridgehead atoms. The van der Waals surface area contributed by atoms with Gasteiger partial charge in [0.25, 0.3) is 0 Å². The van der Waals surface area contributed by atoms with Gasteiger partial charge >= 0.3 is 6.09 Å². The van der Waals surface area contributed by atoms with Gasteiger partial charge in [0.2, 0.25) is 0 Å². The minimum absolute atomic E-state index is 0.388. The molecular weight excluding hydrogens is 288 g/mol. The van der Waals surface area contributed by atoms with Crippen LogP contribution in [0.3, 0.4) is 0 Å². The Morgan fingerprint density at radius 1 is 1.13 bits per heavy atom. The van der Waals surface area contributed by atoms with Crippen LogP contribution in [0, 0.1) is 13.8 Å². The number of aromatic nitrogens is 1. The smallest absolute Gasteiger partial charge is 0.413 e. The number of hydrogen-bond acceptors (Lipinski definition) is 2. The van der Waals surface area contributed by atoms with E-state index in [1.807, 2.05) is 80.1 Å². The van der Waals surface area contributed by atoms with Gasteiger partial charge in [0, 0.05) is 11.9 Å². The highest BCUT2D eigenvalue weighted by molar-refractivity contribution is 5.86. The van der Waals surface area contributed by atoms with Gasteiger partial charge in [-0.2, -0.15) is 0 Å². The zero-order chi connectivity index (χ0) is 16.4. The summed E-state index contributed by atoms with van der Waals surface area (Å²) >= 11 is 0. The SMILES string of the molecule is Cc1ccc(NC(=O)OC(C)n2ccc3ccccc32)c(C)c1. The summed E-state index contributed by atoms with van der Waals surface area (Å²) in [5, 5.41) is 3.93. The summed E-state index contributed by atoms with van der Waals surface area (Å²) in [6.45, 7) is 5.84. The summed E-state index contributed by atoms with van der Waals surface area (Å²) in [4.78, 5) is 12.1. The van der Waals surface area contributed by atoms with E-state index in [-0.39, 0.29) is 6.23 Å². The second kappa shape index (κ2) is 6.16. The average Bonchev–Trinajstić information content (AvgIpc) is 2.94.